The van der Waals surface area contributed by atoms with Gasteiger partial charge < -0.3 is 10.2 Å². The van der Waals surface area contributed by atoms with E-state index in [0.29, 0.717) is 16.6 Å². The molecule has 1 aliphatic rings. The van der Waals surface area contributed by atoms with Crippen LogP contribution in [0.2, 0.25) is 5.02 Å². The minimum absolute atomic E-state index is 0.112. The van der Waals surface area contributed by atoms with Gasteiger partial charge in [-0.25, -0.2) is 0 Å². The summed E-state index contributed by atoms with van der Waals surface area (Å²) in [5.41, 5.74) is 3.00. The Morgan fingerprint density at radius 2 is 1.96 bits per heavy atom. The van der Waals surface area contributed by atoms with E-state index in [0.717, 1.165) is 37.9 Å². The second kappa shape index (κ2) is 9.43. The van der Waals surface area contributed by atoms with Crippen molar-refractivity contribution in [3.8, 4) is 6.07 Å². The summed E-state index contributed by atoms with van der Waals surface area (Å²) < 4.78 is 0. The van der Waals surface area contributed by atoms with Gasteiger partial charge in [-0.05, 0) is 55.4 Å². The zero-order chi connectivity index (χ0) is 19.9. The van der Waals surface area contributed by atoms with Crippen LogP contribution < -0.4 is 5.32 Å². The van der Waals surface area contributed by atoms with E-state index in [1.807, 2.05) is 25.1 Å². The number of likely N-dealkylation sites (tertiary alicyclic amines) is 1. The first-order valence-electron chi connectivity index (χ1n) is 9.52. The molecule has 0 saturated carbocycles. The molecule has 0 spiro atoms. The molecule has 1 fully saturated rings. The van der Waals surface area contributed by atoms with Crippen molar-refractivity contribution in [3.05, 3.63) is 76.5 Å². The zero-order valence-corrected chi connectivity index (χ0v) is 16.7. The number of anilines is 1. The van der Waals surface area contributed by atoms with Gasteiger partial charge in [-0.1, -0.05) is 48.0 Å². The van der Waals surface area contributed by atoms with Crippen LogP contribution in [-0.4, -0.2) is 23.9 Å². The van der Waals surface area contributed by atoms with E-state index in [9.17, 15) is 10.1 Å². The van der Waals surface area contributed by atoms with Gasteiger partial charge >= 0.3 is 0 Å². The molecule has 5 heteroatoms. The van der Waals surface area contributed by atoms with E-state index in [2.05, 4.69) is 34.5 Å². The number of nitriles is 1. The molecule has 0 radical (unpaired) electrons. The molecule has 1 saturated heterocycles. The molecule has 0 unspecified atom stereocenters. The normalized spacial score (nSPS) is 15.2. The third kappa shape index (κ3) is 5.37. The molecule has 1 aliphatic heterocycles. The quantitative estimate of drug-likeness (QED) is 0.577. The molecule has 144 valence electrons. The number of nitrogens with one attached hydrogen (secondary N) is 1. The maximum atomic E-state index is 12.5. The SMILES string of the molecule is Cc1ccc(Cl)cc1NC(=O)/C(C#N)=C\N1CCC(Cc2ccccc2)CC1. The maximum Gasteiger partial charge on any atom is 0.267 e. The Balaban J connectivity index is 1.58. The number of carbonyl (C=O) groups excluding carboxylic acids is 1. The van der Waals surface area contributed by atoms with Gasteiger partial charge in [-0.15, -0.1) is 0 Å². The van der Waals surface area contributed by atoms with Crippen molar-refractivity contribution in [2.45, 2.75) is 26.2 Å². The first-order valence-corrected chi connectivity index (χ1v) is 9.90. The number of piperidine rings is 1. The lowest BCUT2D eigenvalue weighted by Crippen LogP contribution is -2.31. The third-order valence-electron chi connectivity index (χ3n) is 5.14. The number of halogens is 1. The summed E-state index contributed by atoms with van der Waals surface area (Å²) in [7, 11) is 0. The van der Waals surface area contributed by atoms with Gasteiger partial charge in [-0.3, -0.25) is 4.79 Å². The lowest BCUT2D eigenvalue weighted by atomic mass is 9.90. The lowest BCUT2D eigenvalue weighted by Gasteiger charge is -2.31. The Morgan fingerprint density at radius 1 is 1.25 bits per heavy atom. The second-order valence-corrected chi connectivity index (χ2v) is 7.67. The highest BCUT2D eigenvalue weighted by Crippen LogP contribution is 2.23. The highest BCUT2D eigenvalue weighted by atomic mass is 35.5. The number of carbonyl (C=O) groups is 1. The van der Waals surface area contributed by atoms with Crippen LogP contribution in [0.25, 0.3) is 0 Å². The number of benzene rings is 2. The molecule has 3 rings (SSSR count). The molecule has 0 bridgehead atoms. The van der Waals surface area contributed by atoms with Crippen molar-refractivity contribution in [2.75, 3.05) is 18.4 Å². The van der Waals surface area contributed by atoms with Gasteiger partial charge in [0.05, 0.1) is 0 Å². The fourth-order valence-electron chi connectivity index (χ4n) is 3.47. The standard InChI is InChI=1S/C23H24ClN3O/c1-17-7-8-21(24)14-22(17)26-23(28)20(15-25)16-27-11-9-19(10-12-27)13-18-5-3-2-4-6-18/h2-8,14,16,19H,9-13H2,1H3,(H,26,28)/b20-16-. The van der Waals surface area contributed by atoms with Crippen LogP contribution >= 0.6 is 11.6 Å². The molecule has 0 atom stereocenters. The predicted molar refractivity (Wildman–Crippen MR) is 113 cm³/mol. The maximum absolute atomic E-state index is 12.5. The number of nitrogens with zero attached hydrogens (tertiary/aromatic N) is 2. The highest BCUT2D eigenvalue weighted by molar-refractivity contribution is 6.31. The largest absolute Gasteiger partial charge is 0.376 e. The van der Waals surface area contributed by atoms with Gasteiger partial charge in [0.1, 0.15) is 11.6 Å². The van der Waals surface area contributed by atoms with Gasteiger partial charge in [0.25, 0.3) is 5.91 Å². The summed E-state index contributed by atoms with van der Waals surface area (Å²) in [5, 5.41) is 12.8. The van der Waals surface area contributed by atoms with Crippen LogP contribution in [-0.2, 0) is 11.2 Å². The fourth-order valence-corrected chi connectivity index (χ4v) is 3.65. The van der Waals surface area contributed by atoms with Crippen LogP contribution in [0.4, 0.5) is 5.69 Å². The van der Waals surface area contributed by atoms with Crippen molar-refractivity contribution in [1.29, 1.82) is 5.26 Å². The molecule has 28 heavy (non-hydrogen) atoms. The number of hydrogen-bond acceptors (Lipinski definition) is 3. The van der Waals surface area contributed by atoms with E-state index < -0.39 is 5.91 Å². The van der Waals surface area contributed by atoms with Crippen LogP contribution in [0.15, 0.2) is 60.3 Å². The fraction of sp³-hybridized carbons (Fsp3) is 0.304. The predicted octanol–water partition coefficient (Wildman–Crippen LogP) is 4.95. The van der Waals surface area contributed by atoms with Crippen molar-refractivity contribution in [3.63, 3.8) is 0 Å². The van der Waals surface area contributed by atoms with Crippen LogP contribution in [0.5, 0.6) is 0 Å². The minimum Gasteiger partial charge on any atom is -0.376 e. The minimum atomic E-state index is -0.403. The Kier molecular flexibility index (Phi) is 6.73. The van der Waals surface area contributed by atoms with E-state index in [4.69, 9.17) is 11.6 Å². The van der Waals surface area contributed by atoms with Crippen molar-refractivity contribution in [1.82, 2.24) is 4.90 Å². The summed E-state index contributed by atoms with van der Waals surface area (Å²) >= 11 is 6.00. The summed E-state index contributed by atoms with van der Waals surface area (Å²) in [4.78, 5) is 14.6. The van der Waals surface area contributed by atoms with Gasteiger partial charge in [0.15, 0.2) is 0 Å². The van der Waals surface area contributed by atoms with E-state index in [1.165, 1.54) is 5.56 Å². The monoisotopic (exact) mass is 393 g/mol. The second-order valence-electron chi connectivity index (χ2n) is 7.24. The lowest BCUT2D eigenvalue weighted by molar-refractivity contribution is -0.112. The first kappa shape index (κ1) is 20.0. The Bertz CT molecular complexity index is 894. The van der Waals surface area contributed by atoms with Crippen molar-refractivity contribution < 1.29 is 4.79 Å². The molecular formula is C23H24ClN3O. The third-order valence-corrected chi connectivity index (χ3v) is 5.38. The van der Waals surface area contributed by atoms with Crippen molar-refractivity contribution >= 4 is 23.2 Å². The molecular weight excluding hydrogens is 370 g/mol. The van der Waals surface area contributed by atoms with Crippen LogP contribution in [0, 0.1) is 24.2 Å². The van der Waals surface area contributed by atoms with Crippen LogP contribution in [0.3, 0.4) is 0 Å². The summed E-state index contributed by atoms with van der Waals surface area (Å²) in [5.74, 6) is 0.236. The molecule has 1 amide bonds. The zero-order valence-electron chi connectivity index (χ0n) is 16.0. The molecule has 1 N–H and O–H groups in total. The molecule has 1 heterocycles. The Labute approximate surface area is 171 Å². The average molecular weight is 394 g/mol. The molecule has 0 aliphatic carbocycles. The summed E-state index contributed by atoms with van der Waals surface area (Å²) in [6.45, 7) is 3.59. The number of hydrogen-bond donors (Lipinski definition) is 1. The van der Waals surface area contributed by atoms with Gasteiger partial charge in [-0.2, -0.15) is 5.26 Å². The number of amides is 1. The Hall–Kier alpha value is -2.77. The number of rotatable bonds is 5. The first-order chi connectivity index (χ1) is 13.5. The van der Waals surface area contributed by atoms with E-state index >= 15 is 0 Å². The smallest absolute Gasteiger partial charge is 0.267 e. The van der Waals surface area contributed by atoms with Crippen LogP contribution in [0.1, 0.15) is 24.0 Å². The molecule has 4 nitrogen and oxygen atoms in total. The Morgan fingerprint density at radius 3 is 2.64 bits per heavy atom. The van der Waals surface area contributed by atoms with Gasteiger partial charge in [0, 0.05) is 30.0 Å². The molecule has 2 aromatic rings. The molecule has 2 aromatic carbocycles. The van der Waals surface area contributed by atoms with Gasteiger partial charge in [0.2, 0.25) is 0 Å². The van der Waals surface area contributed by atoms with Crippen molar-refractivity contribution in [2.24, 2.45) is 5.92 Å². The average Bonchev–Trinajstić information content (AvgIpc) is 2.71. The number of aryl methyl sites for hydroxylation is 1. The van der Waals surface area contributed by atoms with E-state index in [1.54, 1.807) is 18.3 Å². The van der Waals surface area contributed by atoms with E-state index in [-0.39, 0.29) is 5.57 Å². The molecule has 0 aromatic heterocycles. The summed E-state index contributed by atoms with van der Waals surface area (Å²) in [6.07, 6.45) is 4.88. The summed E-state index contributed by atoms with van der Waals surface area (Å²) in [6, 6.07) is 17.9. The topological polar surface area (TPSA) is 56.1 Å². The highest BCUT2D eigenvalue weighted by Gasteiger charge is 2.20.